The largest absolute Gasteiger partial charge is 0.454 e. The van der Waals surface area contributed by atoms with Crippen molar-refractivity contribution in [1.29, 1.82) is 0 Å². The number of nitrogens with one attached hydrogen (secondary N) is 1. The number of Topliss-reactive ketones (excluding diaryl/α,β-unsaturated/α-hetero) is 1. The number of ketones is 1. The highest BCUT2D eigenvalue weighted by molar-refractivity contribution is 9.10. The molecule has 3 aromatic rings. The lowest BCUT2D eigenvalue weighted by Crippen LogP contribution is -2.29. The van der Waals surface area contributed by atoms with Crippen molar-refractivity contribution in [2.75, 3.05) is 11.9 Å². The SMILES string of the molecule is O=C(COC(=O)c1ccc2c(c1)[C@H]1C=CC[C@@H]1[C@H](c1ccc(Cl)cc1)N2)c1ccc(Br)cc1. The third-order valence-corrected chi connectivity index (χ3v) is 7.11. The lowest BCUT2D eigenvalue weighted by Gasteiger charge is -2.37. The Morgan fingerprint density at radius 2 is 1.73 bits per heavy atom. The van der Waals surface area contributed by atoms with Crippen LogP contribution in [0.5, 0.6) is 0 Å². The molecule has 1 aliphatic heterocycles. The van der Waals surface area contributed by atoms with Gasteiger partial charge in [0.1, 0.15) is 0 Å². The normalized spacial score (nSPS) is 20.5. The predicted molar refractivity (Wildman–Crippen MR) is 133 cm³/mol. The van der Waals surface area contributed by atoms with E-state index in [2.05, 4.69) is 45.5 Å². The molecule has 3 aromatic carbocycles. The fourth-order valence-corrected chi connectivity index (χ4v) is 5.05. The summed E-state index contributed by atoms with van der Waals surface area (Å²) in [6.07, 6.45) is 5.39. The summed E-state index contributed by atoms with van der Waals surface area (Å²) in [7, 11) is 0. The van der Waals surface area contributed by atoms with Crippen molar-refractivity contribution in [3.05, 3.63) is 111 Å². The highest BCUT2D eigenvalue weighted by atomic mass is 79.9. The van der Waals surface area contributed by atoms with E-state index in [0.29, 0.717) is 17.0 Å². The highest BCUT2D eigenvalue weighted by Crippen LogP contribution is 2.50. The molecule has 0 radical (unpaired) electrons. The Bertz CT molecular complexity index is 1240. The first-order chi connectivity index (χ1) is 16.0. The Hall–Kier alpha value is -2.89. The highest BCUT2D eigenvalue weighted by Gasteiger charge is 2.38. The Kier molecular flexibility index (Phi) is 6.09. The minimum absolute atomic E-state index is 0.163. The van der Waals surface area contributed by atoms with Crippen molar-refractivity contribution >= 4 is 45.0 Å². The van der Waals surface area contributed by atoms with E-state index in [1.54, 1.807) is 30.3 Å². The molecule has 0 unspecified atom stereocenters. The molecule has 0 fully saturated rings. The van der Waals surface area contributed by atoms with Crippen LogP contribution < -0.4 is 5.32 Å². The van der Waals surface area contributed by atoms with Crippen LogP contribution in [-0.2, 0) is 4.74 Å². The molecule has 0 aromatic heterocycles. The van der Waals surface area contributed by atoms with E-state index in [-0.39, 0.29) is 24.3 Å². The molecular formula is C27H21BrClNO3. The van der Waals surface area contributed by atoms with E-state index < -0.39 is 5.97 Å². The molecule has 1 heterocycles. The zero-order valence-electron chi connectivity index (χ0n) is 17.6. The number of carbonyl (C=O) groups excluding carboxylic acids is 2. The molecule has 0 spiro atoms. The van der Waals surface area contributed by atoms with E-state index in [1.165, 1.54) is 5.56 Å². The van der Waals surface area contributed by atoms with E-state index in [1.807, 2.05) is 24.3 Å². The molecular weight excluding hydrogens is 502 g/mol. The van der Waals surface area contributed by atoms with Gasteiger partial charge in [0, 0.05) is 26.7 Å². The number of hydrogen-bond acceptors (Lipinski definition) is 4. The molecule has 0 amide bonds. The van der Waals surface area contributed by atoms with Crippen molar-refractivity contribution in [2.45, 2.75) is 18.4 Å². The number of fused-ring (bicyclic) bond motifs is 3. The number of rotatable bonds is 5. The van der Waals surface area contributed by atoms with Crippen molar-refractivity contribution < 1.29 is 14.3 Å². The van der Waals surface area contributed by atoms with Gasteiger partial charge in [-0.25, -0.2) is 4.79 Å². The fraction of sp³-hybridized carbons (Fsp3) is 0.185. The van der Waals surface area contributed by atoms with Gasteiger partial charge in [-0.2, -0.15) is 0 Å². The van der Waals surface area contributed by atoms with Gasteiger partial charge in [-0.05, 0) is 65.9 Å². The van der Waals surface area contributed by atoms with Gasteiger partial charge in [-0.1, -0.05) is 63.9 Å². The second kappa shape index (κ2) is 9.16. The summed E-state index contributed by atoms with van der Waals surface area (Å²) in [4.78, 5) is 25.0. The van der Waals surface area contributed by atoms with E-state index in [9.17, 15) is 9.59 Å². The summed E-state index contributed by atoms with van der Waals surface area (Å²) >= 11 is 9.42. The molecule has 0 saturated heterocycles. The van der Waals surface area contributed by atoms with Gasteiger partial charge >= 0.3 is 5.97 Å². The predicted octanol–water partition coefficient (Wildman–Crippen LogP) is 6.97. The quantitative estimate of drug-likeness (QED) is 0.223. The maximum Gasteiger partial charge on any atom is 0.338 e. The third kappa shape index (κ3) is 4.48. The first kappa shape index (κ1) is 21.9. The number of esters is 1. The van der Waals surface area contributed by atoms with Crippen LogP contribution in [0.3, 0.4) is 0 Å². The average molecular weight is 523 g/mol. The minimum atomic E-state index is -0.499. The summed E-state index contributed by atoms with van der Waals surface area (Å²) in [6.45, 7) is -0.291. The molecule has 5 rings (SSSR count). The van der Waals surface area contributed by atoms with Crippen LogP contribution in [0.2, 0.25) is 5.02 Å². The van der Waals surface area contributed by atoms with E-state index >= 15 is 0 Å². The van der Waals surface area contributed by atoms with Gasteiger partial charge in [0.15, 0.2) is 12.4 Å². The molecule has 0 saturated carbocycles. The molecule has 1 N–H and O–H groups in total. The molecule has 33 heavy (non-hydrogen) atoms. The first-order valence-electron chi connectivity index (χ1n) is 10.8. The topological polar surface area (TPSA) is 55.4 Å². The van der Waals surface area contributed by atoms with Crippen LogP contribution in [0.1, 0.15) is 50.2 Å². The molecule has 0 bridgehead atoms. The van der Waals surface area contributed by atoms with Crippen LogP contribution in [0, 0.1) is 5.92 Å². The van der Waals surface area contributed by atoms with Crippen LogP contribution in [-0.4, -0.2) is 18.4 Å². The van der Waals surface area contributed by atoms with Crippen LogP contribution in [0.25, 0.3) is 0 Å². The van der Waals surface area contributed by atoms with Gasteiger partial charge in [0.25, 0.3) is 0 Å². The lowest BCUT2D eigenvalue weighted by molar-refractivity contribution is 0.0474. The van der Waals surface area contributed by atoms with Gasteiger partial charge in [0.2, 0.25) is 0 Å². The van der Waals surface area contributed by atoms with Crippen molar-refractivity contribution in [3.8, 4) is 0 Å². The standard InChI is InChI=1S/C27H21BrClNO3/c28-19-9-4-16(5-10-19)25(31)15-33-27(32)18-8-13-24-23(14-18)21-2-1-3-22(21)26(30-24)17-6-11-20(29)12-7-17/h1-2,4-14,21-22,26,30H,3,15H2/t21-,22-,26-/m0/s1. The monoisotopic (exact) mass is 521 g/mol. The summed E-state index contributed by atoms with van der Waals surface area (Å²) in [5.41, 5.74) is 4.23. The Morgan fingerprint density at radius 1 is 1.00 bits per heavy atom. The number of hydrogen-bond donors (Lipinski definition) is 1. The number of allylic oxidation sites excluding steroid dienone is 2. The Balaban J connectivity index is 1.33. The fourth-order valence-electron chi connectivity index (χ4n) is 4.66. The number of anilines is 1. The maximum atomic E-state index is 12.7. The van der Waals surface area contributed by atoms with Gasteiger partial charge in [-0.15, -0.1) is 0 Å². The van der Waals surface area contributed by atoms with Crippen molar-refractivity contribution in [2.24, 2.45) is 5.92 Å². The summed E-state index contributed by atoms with van der Waals surface area (Å²) in [6, 6.07) is 20.7. The number of carbonyl (C=O) groups is 2. The summed E-state index contributed by atoms with van der Waals surface area (Å²) < 4.78 is 6.21. The molecule has 2 aliphatic rings. The third-order valence-electron chi connectivity index (χ3n) is 6.33. The maximum absolute atomic E-state index is 12.7. The van der Waals surface area contributed by atoms with Crippen LogP contribution >= 0.6 is 27.5 Å². The smallest absolute Gasteiger partial charge is 0.338 e. The molecule has 6 heteroatoms. The van der Waals surface area contributed by atoms with Crippen molar-refractivity contribution in [3.63, 3.8) is 0 Å². The van der Waals surface area contributed by atoms with Crippen LogP contribution in [0.15, 0.2) is 83.4 Å². The van der Waals surface area contributed by atoms with Gasteiger partial charge < -0.3 is 10.1 Å². The molecule has 3 atom stereocenters. The molecule has 4 nitrogen and oxygen atoms in total. The summed E-state index contributed by atoms with van der Waals surface area (Å²) in [5, 5.41) is 4.37. The van der Waals surface area contributed by atoms with Gasteiger partial charge in [-0.3, -0.25) is 4.79 Å². The summed E-state index contributed by atoms with van der Waals surface area (Å²) in [5.74, 6) is -0.176. The van der Waals surface area contributed by atoms with E-state index in [0.717, 1.165) is 27.2 Å². The second-order valence-corrected chi connectivity index (χ2v) is 9.69. The zero-order valence-corrected chi connectivity index (χ0v) is 20.0. The average Bonchev–Trinajstić information content (AvgIpc) is 3.33. The van der Waals surface area contributed by atoms with Gasteiger partial charge in [0.05, 0.1) is 11.6 Å². The number of halogens is 2. The van der Waals surface area contributed by atoms with Crippen molar-refractivity contribution in [1.82, 2.24) is 0 Å². The minimum Gasteiger partial charge on any atom is -0.454 e. The van der Waals surface area contributed by atoms with E-state index in [4.69, 9.17) is 16.3 Å². The molecule has 166 valence electrons. The Labute approximate surface area is 205 Å². The number of benzene rings is 3. The first-order valence-corrected chi connectivity index (χ1v) is 12.0. The Morgan fingerprint density at radius 3 is 2.48 bits per heavy atom. The lowest BCUT2D eigenvalue weighted by atomic mass is 9.76. The van der Waals surface area contributed by atoms with Crippen LogP contribution in [0.4, 0.5) is 5.69 Å². The molecule has 1 aliphatic carbocycles. The zero-order chi connectivity index (χ0) is 22.9. The number of ether oxygens (including phenoxy) is 1. The second-order valence-electron chi connectivity index (χ2n) is 8.34.